The average molecular weight is 345 g/mol. The molecule has 0 aliphatic carbocycles. The molecule has 0 N–H and O–H groups in total. The first-order valence-corrected chi connectivity index (χ1v) is 10.3. The van der Waals surface area contributed by atoms with Gasteiger partial charge in [-0.2, -0.15) is 11.8 Å². The second kappa shape index (κ2) is 6.48. The van der Waals surface area contributed by atoms with Crippen molar-refractivity contribution < 1.29 is 9.53 Å². The van der Waals surface area contributed by atoms with Crippen molar-refractivity contribution in [2.45, 2.75) is 30.8 Å². The molecule has 3 heterocycles. The molecule has 21 heavy (non-hydrogen) atoms. The van der Waals surface area contributed by atoms with E-state index in [0.29, 0.717) is 18.5 Å². The minimum absolute atomic E-state index is 0.261. The van der Waals surface area contributed by atoms with Gasteiger partial charge in [0, 0.05) is 24.2 Å². The van der Waals surface area contributed by atoms with Gasteiger partial charge in [-0.05, 0) is 19.6 Å². The number of carbonyl (C=O) groups is 1. The Morgan fingerprint density at radius 2 is 2.43 bits per heavy atom. The molecule has 0 unspecified atom stereocenters. The van der Waals surface area contributed by atoms with E-state index in [9.17, 15) is 4.79 Å². The Labute approximate surface area is 138 Å². The van der Waals surface area contributed by atoms with Crippen molar-refractivity contribution in [3.63, 3.8) is 0 Å². The monoisotopic (exact) mass is 344 g/mol. The summed E-state index contributed by atoms with van der Waals surface area (Å²) in [6.07, 6.45) is 3.33. The molecule has 0 radical (unpaired) electrons. The summed E-state index contributed by atoms with van der Waals surface area (Å²) < 4.78 is 6.25. The molecule has 2 aliphatic heterocycles. The van der Waals surface area contributed by atoms with Gasteiger partial charge >= 0.3 is 0 Å². The van der Waals surface area contributed by atoms with Crippen LogP contribution in [-0.4, -0.2) is 57.5 Å². The minimum Gasteiger partial charge on any atom is -0.371 e. The molecule has 7 heteroatoms. The summed E-state index contributed by atoms with van der Waals surface area (Å²) in [5, 5.41) is 3.16. The summed E-state index contributed by atoms with van der Waals surface area (Å²) in [6.45, 7) is 4.42. The Hall–Kier alpha value is -0.240. The molecule has 3 rings (SSSR count). The lowest BCUT2D eigenvalue weighted by Gasteiger charge is -2.47. The number of hydrogen-bond donors (Lipinski definition) is 0. The molecular weight excluding hydrogens is 324 g/mol. The van der Waals surface area contributed by atoms with Crippen LogP contribution >= 0.6 is 34.9 Å². The molecule has 2 saturated heterocycles. The van der Waals surface area contributed by atoms with Crippen LogP contribution in [0.15, 0.2) is 5.38 Å². The molecule has 0 aromatic carbocycles. The smallest absolute Gasteiger partial charge is 0.232 e. The van der Waals surface area contributed by atoms with E-state index in [-0.39, 0.29) is 10.7 Å². The van der Waals surface area contributed by atoms with Gasteiger partial charge in [-0.3, -0.25) is 4.79 Å². The van der Waals surface area contributed by atoms with Crippen molar-refractivity contribution in [3.8, 4) is 0 Å². The van der Waals surface area contributed by atoms with Crippen LogP contribution in [0.25, 0.3) is 0 Å². The van der Waals surface area contributed by atoms with E-state index >= 15 is 0 Å². The van der Waals surface area contributed by atoms with E-state index in [2.05, 4.69) is 10.4 Å². The molecule has 4 nitrogen and oxygen atoms in total. The highest BCUT2D eigenvalue weighted by Crippen LogP contribution is 2.46. The molecular formula is C14H20N2O2S3. The predicted octanol–water partition coefficient (Wildman–Crippen LogP) is 2.42. The fourth-order valence-corrected chi connectivity index (χ4v) is 5.43. The summed E-state index contributed by atoms with van der Waals surface area (Å²) in [5.41, 5.74) is 1.04. The maximum Gasteiger partial charge on any atom is 0.232 e. The highest BCUT2D eigenvalue weighted by atomic mass is 32.2. The Morgan fingerprint density at radius 3 is 3.10 bits per heavy atom. The zero-order valence-corrected chi connectivity index (χ0v) is 14.8. The normalized spacial score (nSPS) is 23.5. The molecule has 1 atom stereocenters. The third-order valence-electron chi connectivity index (χ3n) is 3.89. The molecule has 1 aromatic rings. The van der Waals surface area contributed by atoms with E-state index in [1.165, 1.54) is 0 Å². The Morgan fingerprint density at radius 1 is 1.62 bits per heavy atom. The van der Waals surface area contributed by atoms with E-state index in [4.69, 9.17) is 4.74 Å². The number of likely N-dealkylation sites (tertiary alicyclic amines) is 1. The number of aromatic nitrogens is 1. The zero-order valence-electron chi connectivity index (χ0n) is 12.3. The van der Waals surface area contributed by atoms with Crippen molar-refractivity contribution >= 4 is 40.8 Å². The van der Waals surface area contributed by atoms with Crippen LogP contribution in [-0.2, 0) is 16.1 Å². The molecule has 2 fully saturated rings. The number of ether oxygens (including phenoxy) is 1. The van der Waals surface area contributed by atoms with Crippen LogP contribution in [0, 0.1) is 6.92 Å². The first-order chi connectivity index (χ1) is 10.1. The SMILES string of the molecule is CSCC(=O)N1CC2(C[C@@H](OCc3csc(C)n3)CS2)C1. The lowest BCUT2D eigenvalue weighted by atomic mass is 9.93. The van der Waals surface area contributed by atoms with Gasteiger partial charge < -0.3 is 9.64 Å². The summed E-state index contributed by atoms with van der Waals surface area (Å²) in [5.74, 6) is 1.91. The van der Waals surface area contributed by atoms with Crippen LogP contribution < -0.4 is 0 Å². The van der Waals surface area contributed by atoms with Crippen LogP contribution in [0.4, 0.5) is 0 Å². The Bertz CT molecular complexity index is 514. The number of rotatable bonds is 5. The van der Waals surface area contributed by atoms with Crippen molar-refractivity contribution in [2.75, 3.05) is 30.9 Å². The van der Waals surface area contributed by atoms with Crippen molar-refractivity contribution in [2.24, 2.45) is 0 Å². The average Bonchev–Trinajstić information content (AvgIpc) is 3.01. The minimum atomic E-state index is 0.261. The standard InChI is InChI=1S/C14H20N2O2S3/c1-10-15-11(5-20-10)4-18-12-3-14(21-6-12)8-16(9-14)13(17)7-19-2/h5,12H,3-4,6-9H2,1-2H3/t12-/m1/s1. The van der Waals surface area contributed by atoms with Crippen molar-refractivity contribution in [3.05, 3.63) is 16.1 Å². The number of amides is 1. The van der Waals surface area contributed by atoms with Gasteiger partial charge in [-0.1, -0.05) is 0 Å². The van der Waals surface area contributed by atoms with Gasteiger partial charge in [0.1, 0.15) is 0 Å². The van der Waals surface area contributed by atoms with E-state index in [1.807, 2.05) is 29.8 Å². The van der Waals surface area contributed by atoms with Crippen LogP contribution in [0.1, 0.15) is 17.1 Å². The number of aryl methyl sites for hydroxylation is 1. The summed E-state index contributed by atoms with van der Waals surface area (Å²) in [7, 11) is 0. The topological polar surface area (TPSA) is 42.4 Å². The summed E-state index contributed by atoms with van der Waals surface area (Å²) >= 11 is 5.24. The Kier molecular flexibility index (Phi) is 4.83. The van der Waals surface area contributed by atoms with E-state index in [0.717, 1.165) is 36.0 Å². The first-order valence-electron chi connectivity index (χ1n) is 7.03. The van der Waals surface area contributed by atoms with Gasteiger partial charge in [0.25, 0.3) is 0 Å². The maximum absolute atomic E-state index is 11.8. The molecule has 0 saturated carbocycles. The van der Waals surface area contributed by atoms with E-state index < -0.39 is 0 Å². The molecule has 116 valence electrons. The highest BCUT2D eigenvalue weighted by Gasteiger charge is 2.50. The number of hydrogen-bond acceptors (Lipinski definition) is 6. The fraction of sp³-hybridized carbons (Fsp3) is 0.714. The maximum atomic E-state index is 11.8. The van der Waals surface area contributed by atoms with Crippen molar-refractivity contribution in [1.29, 1.82) is 0 Å². The fourth-order valence-electron chi connectivity index (χ4n) is 2.85. The highest BCUT2D eigenvalue weighted by molar-refractivity contribution is 8.01. The third-order valence-corrected chi connectivity index (χ3v) is 6.82. The zero-order chi connectivity index (χ0) is 14.9. The summed E-state index contributed by atoms with van der Waals surface area (Å²) in [4.78, 5) is 18.2. The molecule has 1 aromatic heterocycles. The Balaban J connectivity index is 1.43. The number of thioether (sulfide) groups is 2. The van der Waals surface area contributed by atoms with Gasteiger partial charge in [0.15, 0.2) is 0 Å². The molecule has 1 spiro atoms. The van der Waals surface area contributed by atoms with Gasteiger partial charge in [-0.25, -0.2) is 4.98 Å². The van der Waals surface area contributed by atoms with Crippen molar-refractivity contribution in [1.82, 2.24) is 9.88 Å². The molecule has 0 bridgehead atoms. The van der Waals surface area contributed by atoms with Gasteiger partial charge in [0.05, 0.1) is 33.9 Å². The first kappa shape index (κ1) is 15.6. The van der Waals surface area contributed by atoms with Crippen LogP contribution in [0.2, 0.25) is 0 Å². The second-order valence-corrected chi connectivity index (χ2v) is 9.09. The predicted molar refractivity (Wildman–Crippen MR) is 90.2 cm³/mol. The van der Waals surface area contributed by atoms with E-state index in [1.54, 1.807) is 23.1 Å². The molecule has 1 amide bonds. The second-order valence-electron chi connectivity index (χ2n) is 5.67. The largest absolute Gasteiger partial charge is 0.371 e. The third kappa shape index (κ3) is 3.57. The number of thiazole rings is 1. The van der Waals surface area contributed by atoms with Gasteiger partial charge in [0.2, 0.25) is 5.91 Å². The summed E-state index contributed by atoms with van der Waals surface area (Å²) in [6, 6.07) is 0. The quantitative estimate of drug-likeness (QED) is 0.821. The lowest BCUT2D eigenvalue weighted by Crippen LogP contribution is -2.61. The number of nitrogens with zero attached hydrogens (tertiary/aromatic N) is 2. The number of carbonyl (C=O) groups excluding carboxylic acids is 1. The van der Waals surface area contributed by atoms with Crippen LogP contribution in [0.3, 0.4) is 0 Å². The molecule has 2 aliphatic rings. The lowest BCUT2D eigenvalue weighted by molar-refractivity contribution is -0.133. The van der Waals surface area contributed by atoms with Gasteiger partial charge in [-0.15, -0.1) is 23.1 Å². The van der Waals surface area contributed by atoms with Crippen LogP contribution in [0.5, 0.6) is 0 Å².